The smallest absolute Gasteiger partial charge is 0.349 e. The summed E-state index contributed by atoms with van der Waals surface area (Å²) >= 11 is 1.09. The summed E-state index contributed by atoms with van der Waals surface area (Å²) in [6.45, 7) is 9.16. The number of nitrogens with zero attached hydrogens (tertiary/aromatic N) is 2. The second-order valence-electron chi connectivity index (χ2n) is 5.23. The van der Waals surface area contributed by atoms with E-state index in [1.54, 1.807) is 12.1 Å². The molecule has 1 aliphatic rings. The Morgan fingerprint density at radius 2 is 2.17 bits per heavy atom. The van der Waals surface area contributed by atoms with E-state index in [4.69, 9.17) is 0 Å². The maximum absolute atomic E-state index is 13.1. The molecule has 0 fully saturated rings. The molecule has 1 atom stereocenters. The quantitative estimate of drug-likeness (QED) is 0.475. The van der Waals surface area contributed by atoms with Gasteiger partial charge in [0.15, 0.2) is 0 Å². The average Bonchev–Trinajstić information content (AvgIpc) is 3.13. The summed E-state index contributed by atoms with van der Waals surface area (Å²) in [5.74, 6) is -0.301. The van der Waals surface area contributed by atoms with E-state index in [0.29, 0.717) is 28.4 Å². The van der Waals surface area contributed by atoms with Crippen molar-refractivity contribution in [2.75, 3.05) is 13.1 Å². The molecule has 8 heteroatoms. The highest BCUT2D eigenvalue weighted by atomic mass is 32.1. The number of nitrogens with one attached hydrogen (secondary N) is 1. The van der Waals surface area contributed by atoms with E-state index in [-0.39, 0.29) is 11.6 Å². The van der Waals surface area contributed by atoms with Gasteiger partial charge in [0.1, 0.15) is 6.04 Å². The molecule has 1 aliphatic heterocycles. The molecule has 1 aromatic rings. The molecule has 1 unspecified atom stereocenters. The van der Waals surface area contributed by atoms with Crippen LogP contribution in [0.25, 0.3) is 0 Å². The van der Waals surface area contributed by atoms with E-state index in [1.165, 1.54) is 6.92 Å². The largest absolute Gasteiger partial charge is 0.415 e. The zero-order valence-corrected chi connectivity index (χ0v) is 13.8. The van der Waals surface area contributed by atoms with Crippen molar-refractivity contribution in [3.8, 4) is 0 Å². The Hall–Kier alpha value is -2.22. The molecular formula is C16H16F3N3OS. The van der Waals surface area contributed by atoms with Gasteiger partial charge in [-0.05, 0) is 31.9 Å². The van der Waals surface area contributed by atoms with Crippen molar-refractivity contribution < 1.29 is 18.0 Å². The second kappa shape index (κ2) is 7.12. The van der Waals surface area contributed by atoms with Gasteiger partial charge in [0.2, 0.25) is 0 Å². The van der Waals surface area contributed by atoms with Crippen molar-refractivity contribution in [1.29, 1.82) is 0 Å². The normalized spacial score (nSPS) is 17.2. The molecular weight excluding hydrogens is 339 g/mol. The minimum atomic E-state index is -4.47. The van der Waals surface area contributed by atoms with Crippen molar-refractivity contribution in [2.24, 2.45) is 9.98 Å². The molecule has 0 aromatic carbocycles. The van der Waals surface area contributed by atoms with Gasteiger partial charge in [0.05, 0.1) is 27.6 Å². The van der Waals surface area contributed by atoms with Gasteiger partial charge in [0.25, 0.3) is 5.91 Å². The minimum absolute atomic E-state index is 0.215. The lowest BCUT2D eigenvalue weighted by Gasteiger charge is -2.14. The molecule has 1 N–H and O–H groups in total. The third-order valence-electron chi connectivity index (χ3n) is 3.29. The van der Waals surface area contributed by atoms with Gasteiger partial charge in [0, 0.05) is 6.54 Å². The fraction of sp³-hybridized carbons (Fsp3) is 0.312. The lowest BCUT2D eigenvalue weighted by atomic mass is 10.0. The molecule has 0 radical (unpaired) electrons. The second-order valence-corrected chi connectivity index (χ2v) is 6.31. The van der Waals surface area contributed by atoms with Crippen LogP contribution < -0.4 is 5.32 Å². The molecule has 4 nitrogen and oxygen atoms in total. The van der Waals surface area contributed by atoms with Crippen LogP contribution in [0.15, 0.2) is 45.9 Å². The standard InChI is InChI=1S/C16H16F3N3OS/c1-9(2)14-10(16(17,18)19)8-11(22-14)12-4-5-13(24-12)15(23)21-7-6-20-3/h4-5,8,14H,1,3,6-7H2,2H3,(H,21,23). The number of amides is 1. The number of carbonyl (C=O) groups excluding carboxylic acids is 1. The van der Waals surface area contributed by atoms with E-state index in [0.717, 1.165) is 17.4 Å². The molecule has 0 bridgehead atoms. The van der Waals surface area contributed by atoms with Crippen LogP contribution >= 0.6 is 11.3 Å². The highest BCUT2D eigenvalue weighted by Gasteiger charge is 2.42. The zero-order valence-electron chi connectivity index (χ0n) is 13.0. The Labute approximate surface area is 141 Å². The van der Waals surface area contributed by atoms with Crippen LogP contribution in [-0.2, 0) is 0 Å². The van der Waals surface area contributed by atoms with E-state index < -0.39 is 17.8 Å². The van der Waals surface area contributed by atoms with E-state index in [2.05, 4.69) is 28.6 Å². The number of thiophene rings is 1. The van der Waals surface area contributed by atoms with Crippen molar-refractivity contribution in [3.63, 3.8) is 0 Å². The van der Waals surface area contributed by atoms with Crippen LogP contribution in [0.1, 0.15) is 21.5 Å². The molecule has 128 valence electrons. The summed E-state index contributed by atoms with van der Waals surface area (Å²) in [7, 11) is 0. The molecule has 0 aliphatic carbocycles. The maximum atomic E-state index is 13.1. The first kappa shape index (κ1) is 18.1. The van der Waals surface area contributed by atoms with Crippen molar-refractivity contribution in [3.05, 3.63) is 45.7 Å². The van der Waals surface area contributed by atoms with Gasteiger partial charge in [-0.1, -0.05) is 12.2 Å². The Kier molecular flexibility index (Phi) is 5.38. The van der Waals surface area contributed by atoms with Gasteiger partial charge in [-0.2, -0.15) is 13.2 Å². The fourth-order valence-corrected chi connectivity index (χ4v) is 3.04. The summed E-state index contributed by atoms with van der Waals surface area (Å²) in [5, 5.41) is 2.65. The summed E-state index contributed by atoms with van der Waals surface area (Å²) < 4.78 is 39.3. The van der Waals surface area contributed by atoms with E-state index in [9.17, 15) is 18.0 Å². The Morgan fingerprint density at radius 1 is 1.46 bits per heavy atom. The number of alkyl halides is 3. The van der Waals surface area contributed by atoms with Crippen LogP contribution in [0.2, 0.25) is 0 Å². The maximum Gasteiger partial charge on any atom is 0.415 e. The molecule has 0 spiro atoms. The third-order valence-corrected chi connectivity index (χ3v) is 4.39. The number of hydrogen-bond acceptors (Lipinski definition) is 4. The summed E-state index contributed by atoms with van der Waals surface area (Å²) in [6.07, 6.45) is -3.45. The Bertz CT molecular complexity index is 731. The number of carbonyl (C=O) groups is 1. The molecule has 2 heterocycles. The highest BCUT2D eigenvalue weighted by Crippen LogP contribution is 2.37. The highest BCUT2D eigenvalue weighted by molar-refractivity contribution is 7.16. The van der Waals surface area contributed by atoms with Gasteiger partial charge >= 0.3 is 6.18 Å². The lowest BCUT2D eigenvalue weighted by Crippen LogP contribution is -2.25. The van der Waals surface area contributed by atoms with Crippen LogP contribution in [0.3, 0.4) is 0 Å². The molecule has 0 saturated carbocycles. The first-order valence-corrected chi connectivity index (χ1v) is 7.88. The number of hydrogen-bond donors (Lipinski definition) is 1. The summed E-state index contributed by atoms with van der Waals surface area (Å²) in [4.78, 5) is 20.6. The SMILES string of the molecule is C=NCCNC(=O)c1ccc(C2=NC(C(=C)C)C(C(F)(F)F)=C2)s1. The van der Waals surface area contributed by atoms with Gasteiger partial charge in [-0.3, -0.25) is 14.8 Å². The van der Waals surface area contributed by atoms with Crippen LogP contribution in [0.5, 0.6) is 0 Å². The Morgan fingerprint density at radius 3 is 2.71 bits per heavy atom. The molecule has 1 aromatic heterocycles. The predicted molar refractivity (Wildman–Crippen MR) is 90.3 cm³/mol. The summed E-state index contributed by atoms with van der Waals surface area (Å²) in [5.41, 5.74) is -0.200. The molecule has 24 heavy (non-hydrogen) atoms. The molecule has 2 rings (SSSR count). The van der Waals surface area contributed by atoms with Crippen LogP contribution in [-0.4, -0.2) is 43.6 Å². The number of aliphatic imine (C=N–C) groups is 2. The van der Waals surface area contributed by atoms with Crippen LogP contribution in [0, 0.1) is 0 Å². The lowest BCUT2D eigenvalue weighted by molar-refractivity contribution is -0.0939. The summed E-state index contributed by atoms with van der Waals surface area (Å²) in [6, 6.07) is 2.06. The van der Waals surface area contributed by atoms with E-state index >= 15 is 0 Å². The zero-order chi connectivity index (χ0) is 17.9. The number of rotatable bonds is 6. The third kappa shape index (κ3) is 4.00. The van der Waals surface area contributed by atoms with E-state index in [1.807, 2.05) is 0 Å². The number of allylic oxidation sites excluding steroid dienone is 1. The molecule has 1 amide bonds. The van der Waals surface area contributed by atoms with Gasteiger partial charge in [-0.25, -0.2) is 0 Å². The average molecular weight is 355 g/mol. The number of halogens is 3. The predicted octanol–water partition coefficient (Wildman–Crippen LogP) is 3.41. The van der Waals surface area contributed by atoms with Gasteiger partial charge < -0.3 is 5.32 Å². The van der Waals surface area contributed by atoms with Crippen molar-refractivity contribution in [2.45, 2.75) is 19.1 Å². The fourth-order valence-electron chi connectivity index (χ4n) is 2.15. The van der Waals surface area contributed by atoms with Gasteiger partial charge in [-0.15, -0.1) is 11.3 Å². The van der Waals surface area contributed by atoms with Crippen molar-refractivity contribution >= 4 is 29.7 Å². The Balaban J connectivity index is 2.22. The first-order chi connectivity index (χ1) is 11.2. The molecule has 0 saturated heterocycles. The van der Waals surface area contributed by atoms with Crippen LogP contribution in [0.4, 0.5) is 13.2 Å². The first-order valence-electron chi connectivity index (χ1n) is 7.07. The van der Waals surface area contributed by atoms with Crippen molar-refractivity contribution in [1.82, 2.24) is 5.32 Å². The monoisotopic (exact) mass is 355 g/mol. The minimum Gasteiger partial charge on any atom is -0.349 e. The topological polar surface area (TPSA) is 53.8 Å².